The van der Waals surface area contributed by atoms with Crippen molar-refractivity contribution in [1.29, 1.82) is 0 Å². The molecule has 0 aliphatic heterocycles. The number of anilines is 1. The standard InChI is InChI=1S/C33H31ClF3N3O5S/c1-38-32(42)30(19-23-10-5-3-6-11-23)39(21-24-12-9-13-26(18-24)45-2)31(41)22-40(46(43,44)27-14-7-4-8-15-27)25-16-17-29(34)28(20-25)33(35,36)37/h3-18,20,30H,19,21-22H2,1-2H3,(H,38,42). The number of benzene rings is 4. The lowest BCUT2D eigenvalue weighted by Crippen LogP contribution is -2.53. The topological polar surface area (TPSA) is 96.0 Å². The zero-order valence-electron chi connectivity index (χ0n) is 24.9. The molecule has 1 unspecified atom stereocenters. The molecule has 0 radical (unpaired) electrons. The highest BCUT2D eigenvalue weighted by atomic mass is 35.5. The van der Waals surface area contributed by atoms with Gasteiger partial charge in [-0.15, -0.1) is 0 Å². The van der Waals surface area contributed by atoms with Crippen LogP contribution in [0.2, 0.25) is 5.02 Å². The number of ether oxygens (including phenoxy) is 1. The zero-order chi connectivity index (χ0) is 33.5. The van der Waals surface area contributed by atoms with Gasteiger partial charge >= 0.3 is 6.18 Å². The molecule has 4 aromatic carbocycles. The first-order valence-corrected chi connectivity index (χ1v) is 15.8. The number of amides is 2. The summed E-state index contributed by atoms with van der Waals surface area (Å²) in [6.07, 6.45) is -4.83. The van der Waals surface area contributed by atoms with Crippen LogP contribution in [0.4, 0.5) is 18.9 Å². The molecule has 0 saturated carbocycles. The van der Waals surface area contributed by atoms with Crippen LogP contribution in [0.5, 0.6) is 5.75 Å². The minimum atomic E-state index is -4.91. The summed E-state index contributed by atoms with van der Waals surface area (Å²) in [5, 5.41) is 1.93. The molecule has 0 aliphatic carbocycles. The summed E-state index contributed by atoms with van der Waals surface area (Å²) in [5.74, 6) is -0.877. The highest BCUT2D eigenvalue weighted by Crippen LogP contribution is 2.38. The third-order valence-corrected chi connectivity index (χ3v) is 9.28. The van der Waals surface area contributed by atoms with E-state index in [0.717, 1.165) is 17.7 Å². The van der Waals surface area contributed by atoms with Crippen molar-refractivity contribution in [2.45, 2.75) is 30.1 Å². The first kappa shape index (κ1) is 34.3. The molecular formula is C33H31ClF3N3O5S. The molecule has 4 rings (SSSR count). The van der Waals surface area contributed by atoms with Crippen molar-refractivity contribution in [2.75, 3.05) is 25.0 Å². The molecule has 0 bridgehead atoms. The Morgan fingerprint density at radius 2 is 1.52 bits per heavy atom. The van der Waals surface area contributed by atoms with Crippen molar-refractivity contribution >= 4 is 39.1 Å². The summed E-state index contributed by atoms with van der Waals surface area (Å²) >= 11 is 5.84. The number of alkyl halides is 3. The second kappa shape index (κ2) is 14.7. The second-order valence-corrected chi connectivity index (χ2v) is 12.4. The van der Waals surface area contributed by atoms with Gasteiger partial charge in [0.25, 0.3) is 10.0 Å². The lowest BCUT2D eigenvalue weighted by molar-refractivity contribution is -0.139. The van der Waals surface area contributed by atoms with Gasteiger partial charge in [0.1, 0.15) is 18.3 Å². The summed E-state index contributed by atoms with van der Waals surface area (Å²) in [6.45, 7) is -1.07. The maximum absolute atomic E-state index is 14.3. The Hall–Kier alpha value is -4.55. The molecule has 1 atom stereocenters. The van der Waals surface area contributed by atoms with Crippen LogP contribution in [0.15, 0.2) is 108 Å². The van der Waals surface area contributed by atoms with Crippen LogP contribution in [-0.2, 0) is 38.8 Å². The van der Waals surface area contributed by atoms with Crippen molar-refractivity contribution in [3.63, 3.8) is 0 Å². The molecule has 0 aromatic heterocycles. The van der Waals surface area contributed by atoms with E-state index in [2.05, 4.69) is 5.32 Å². The average Bonchev–Trinajstić information content (AvgIpc) is 3.05. The molecule has 46 heavy (non-hydrogen) atoms. The maximum Gasteiger partial charge on any atom is 0.417 e. The van der Waals surface area contributed by atoms with Crippen LogP contribution in [0.1, 0.15) is 16.7 Å². The van der Waals surface area contributed by atoms with Crippen LogP contribution >= 0.6 is 11.6 Å². The van der Waals surface area contributed by atoms with Crippen LogP contribution in [0, 0.1) is 0 Å². The highest BCUT2D eigenvalue weighted by Gasteiger charge is 2.37. The number of sulfonamides is 1. The normalized spacial score (nSPS) is 12.2. The average molecular weight is 674 g/mol. The fourth-order valence-corrected chi connectivity index (χ4v) is 6.47. The molecule has 4 aromatic rings. The van der Waals surface area contributed by atoms with Crippen LogP contribution in [-0.4, -0.2) is 51.9 Å². The van der Waals surface area contributed by atoms with Crippen LogP contribution in [0.3, 0.4) is 0 Å². The van der Waals surface area contributed by atoms with Crippen molar-refractivity contribution in [3.8, 4) is 5.75 Å². The van der Waals surface area contributed by atoms with Gasteiger partial charge in [-0.05, 0) is 53.6 Å². The van der Waals surface area contributed by atoms with Gasteiger partial charge < -0.3 is 15.0 Å². The Morgan fingerprint density at radius 3 is 2.13 bits per heavy atom. The Bertz CT molecular complexity index is 1770. The van der Waals surface area contributed by atoms with Crippen molar-refractivity contribution in [2.24, 2.45) is 0 Å². The zero-order valence-corrected chi connectivity index (χ0v) is 26.4. The van der Waals surface area contributed by atoms with Crippen LogP contribution < -0.4 is 14.4 Å². The predicted octanol–water partition coefficient (Wildman–Crippen LogP) is 5.95. The van der Waals surface area contributed by atoms with Crippen molar-refractivity contribution in [3.05, 3.63) is 125 Å². The van der Waals surface area contributed by atoms with Gasteiger partial charge in [0.05, 0.1) is 28.3 Å². The number of nitrogens with one attached hydrogen (secondary N) is 1. The minimum absolute atomic E-state index is 0.0703. The molecule has 13 heteroatoms. The number of rotatable bonds is 12. The summed E-state index contributed by atoms with van der Waals surface area (Å²) < 4.78 is 75.5. The summed E-state index contributed by atoms with van der Waals surface area (Å²) in [6, 6.07) is 24.2. The summed E-state index contributed by atoms with van der Waals surface area (Å²) in [7, 11) is -1.72. The van der Waals surface area contributed by atoms with Crippen molar-refractivity contribution < 1.29 is 35.9 Å². The number of methoxy groups -OCH3 is 1. The Kier molecular flexibility index (Phi) is 11.0. The van der Waals surface area contributed by atoms with E-state index in [4.69, 9.17) is 16.3 Å². The summed E-state index contributed by atoms with van der Waals surface area (Å²) in [4.78, 5) is 28.6. The van der Waals surface area contributed by atoms with Gasteiger partial charge in [0.2, 0.25) is 11.8 Å². The predicted molar refractivity (Wildman–Crippen MR) is 169 cm³/mol. The summed E-state index contributed by atoms with van der Waals surface area (Å²) in [5.41, 5.74) is -0.415. The van der Waals surface area contributed by atoms with E-state index in [-0.39, 0.29) is 17.9 Å². The number of hydrogen-bond donors (Lipinski definition) is 1. The number of likely N-dealkylation sites (N-methyl/N-ethyl adjacent to an activating group) is 1. The van der Waals surface area contributed by atoms with Gasteiger partial charge in [-0.1, -0.05) is 72.3 Å². The van der Waals surface area contributed by atoms with Gasteiger partial charge in [0.15, 0.2) is 0 Å². The molecule has 0 saturated heterocycles. The van der Waals surface area contributed by atoms with E-state index in [1.165, 1.54) is 43.3 Å². The second-order valence-electron chi connectivity index (χ2n) is 10.2. The fourth-order valence-electron chi connectivity index (χ4n) is 4.82. The number of halogens is 4. The number of nitrogens with zero attached hydrogens (tertiary/aromatic N) is 2. The molecule has 1 N–H and O–H groups in total. The number of carbonyl (C=O) groups is 2. The first-order chi connectivity index (χ1) is 21.8. The third-order valence-electron chi connectivity index (χ3n) is 7.16. The van der Waals surface area contributed by atoms with E-state index in [0.29, 0.717) is 21.7 Å². The lowest BCUT2D eigenvalue weighted by Gasteiger charge is -2.33. The number of carbonyl (C=O) groups excluding carboxylic acids is 2. The van der Waals surface area contributed by atoms with E-state index < -0.39 is 56.9 Å². The third kappa shape index (κ3) is 8.18. The molecule has 2 amide bonds. The van der Waals surface area contributed by atoms with Gasteiger partial charge in [0, 0.05) is 20.0 Å². The molecule has 0 fully saturated rings. The lowest BCUT2D eigenvalue weighted by atomic mass is 10.0. The molecule has 242 valence electrons. The maximum atomic E-state index is 14.3. The monoisotopic (exact) mass is 673 g/mol. The van der Waals surface area contributed by atoms with E-state index in [1.807, 2.05) is 0 Å². The number of hydrogen-bond acceptors (Lipinski definition) is 5. The molecular weight excluding hydrogens is 643 g/mol. The fraction of sp³-hybridized carbons (Fsp3) is 0.212. The van der Waals surface area contributed by atoms with E-state index in [9.17, 15) is 31.2 Å². The highest BCUT2D eigenvalue weighted by molar-refractivity contribution is 7.92. The molecule has 0 spiro atoms. The van der Waals surface area contributed by atoms with Gasteiger partial charge in [-0.2, -0.15) is 13.2 Å². The SMILES string of the molecule is CNC(=O)C(Cc1ccccc1)N(Cc1cccc(OC)c1)C(=O)CN(c1ccc(Cl)c(C(F)(F)F)c1)S(=O)(=O)c1ccccc1. The van der Waals surface area contributed by atoms with Gasteiger partial charge in [-0.3, -0.25) is 13.9 Å². The molecule has 8 nitrogen and oxygen atoms in total. The van der Waals surface area contributed by atoms with Crippen LogP contribution in [0.25, 0.3) is 0 Å². The van der Waals surface area contributed by atoms with E-state index >= 15 is 0 Å². The quantitative estimate of drug-likeness (QED) is 0.201. The first-order valence-electron chi connectivity index (χ1n) is 14.0. The Balaban J connectivity index is 1.85. The largest absolute Gasteiger partial charge is 0.497 e. The smallest absolute Gasteiger partial charge is 0.417 e. The van der Waals surface area contributed by atoms with Crippen molar-refractivity contribution in [1.82, 2.24) is 10.2 Å². The van der Waals surface area contributed by atoms with Gasteiger partial charge in [-0.25, -0.2) is 8.42 Å². The molecule has 0 aliphatic rings. The van der Waals surface area contributed by atoms with E-state index in [1.54, 1.807) is 60.7 Å². The molecule has 0 heterocycles. The minimum Gasteiger partial charge on any atom is -0.497 e. The Morgan fingerprint density at radius 1 is 0.891 bits per heavy atom. The Labute approximate surface area is 270 Å².